The molecule has 1 heterocycles. The number of hydrogen-bond donors (Lipinski definition) is 2. The van der Waals surface area contributed by atoms with Gasteiger partial charge in [-0.05, 0) is 31.5 Å². The lowest BCUT2D eigenvalue weighted by atomic mass is 10.1. The predicted molar refractivity (Wildman–Crippen MR) is 98.3 cm³/mol. The average molecular weight is 360 g/mol. The number of carbonyl (C=O) groups is 3. The topological polar surface area (TPSA) is 84.5 Å². The monoisotopic (exact) mass is 360 g/mol. The van der Waals surface area contributed by atoms with E-state index in [0.717, 1.165) is 11.3 Å². The summed E-state index contributed by atoms with van der Waals surface area (Å²) in [6, 6.07) is 9.02. The summed E-state index contributed by atoms with van der Waals surface area (Å²) in [7, 11) is 0. The Morgan fingerprint density at radius 3 is 2.36 bits per heavy atom. The highest BCUT2D eigenvalue weighted by Gasteiger charge is 2.26. The minimum absolute atomic E-state index is 0.209. The first-order valence-corrected chi connectivity index (χ1v) is 8.76. The van der Waals surface area contributed by atoms with Crippen molar-refractivity contribution in [1.82, 2.24) is 0 Å². The zero-order valence-electron chi connectivity index (χ0n) is 14.3. The molecule has 0 saturated heterocycles. The van der Waals surface area contributed by atoms with Gasteiger partial charge < -0.3 is 15.4 Å². The van der Waals surface area contributed by atoms with E-state index in [1.54, 1.807) is 32.9 Å². The highest BCUT2D eigenvalue weighted by molar-refractivity contribution is 7.18. The fraction of sp³-hybridized carbons (Fsp3) is 0.278. The van der Waals surface area contributed by atoms with Crippen molar-refractivity contribution >= 4 is 39.8 Å². The Kier molecular flexibility index (Phi) is 6.30. The van der Waals surface area contributed by atoms with Gasteiger partial charge in [0.15, 0.2) is 0 Å². The third-order valence-corrected chi connectivity index (χ3v) is 4.64. The molecule has 6 nitrogen and oxygen atoms in total. The molecule has 0 unspecified atom stereocenters. The zero-order valence-corrected chi connectivity index (χ0v) is 15.2. The molecule has 0 radical (unpaired) electrons. The van der Waals surface area contributed by atoms with E-state index in [1.807, 2.05) is 18.2 Å². The molecule has 0 fully saturated rings. The Labute approximate surface area is 150 Å². The molecule has 0 aliphatic rings. The van der Waals surface area contributed by atoms with Crippen LogP contribution >= 0.6 is 11.3 Å². The van der Waals surface area contributed by atoms with Crippen LogP contribution in [0.5, 0.6) is 0 Å². The number of ether oxygens (including phenoxy) is 1. The van der Waals surface area contributed by atoms with Gasteiger partial charge >= 0.3 is 5.97 Å². The molecule has 25 heavy (non-hydrogen) atoms. The number of carbonyl (C=O) groups excluding carboxylic acids is 3. The minimum atomic E-state index is -0.554. The van der Waals surface area contributed by atoms with E-state index in [0.29, 0.717) is 21.1 Å². The highest BCUT2D eigenvalue weighted by Crippen LogP contribution is 2.34. The SMILES string of the molecule is CCOC(=O)c1c(NC(=O)CC)sc(C(=O)Nc2ccccc2)c1C. The van der Waals surface area contributed by atoms with E-state index in [-0.39, 0.29) is 30.4 Å². The summed E-state index contributed by atoms with van der Waals surface area (Å²) in [5, 5.41) is 5.80. The molecule has 1 aromatic carbocycles. The van der Waals surface area contributed by atoms with Gasteiger partial charge in [0.05, 0.1) is 17.0 Å². The molecule has 0 aliphatic carbocycles. The number of nitrogens with one attached hydrogen (secondary N) is 2. The third-order valence-electron chi connectivity index (χ3n) is 3.44. The molecule has 2 rings (SSSR count). The van der Waals surface area contributed by atoms with Gasteiger partial charge in [-0.25, -0.2) is 4.79 Å². The second-order valence-corrected chi connectivity index (χ2v) is 6.22. The molecular weight excluding hydrogens is 340 g/mol. The number of para-hydroxylation sites is 1. The predicted octanol–water partition coefficient (Wildman–Crippen LogP) is 3.83. The number of amides is 2. The Hall–Kier alpha value is -2.67. The summed E-state index contributed by atoms with van der Waals surface area (Å²) in [4.78, 5) is 36.9. The fourth-order valence-corrected chi connectivity index (χ4v) is 3.30. The average Bonchev–Trinajstić information content (AvgIpc) is 2.92. The molecule has 0 atom stereocenters. The molecule has 0 bridgehead atoms. The van der Waals surface area contributed by atoms with Crippen molar-refractivity contribution in [2.45, 2.75) is 27.2 Å². The summed E-state index contributed by atoms with van der Waals surface area (Å²) in [5.74, 6) is -1.13. The van der Waals surface area contributed by atoms with Gasteiger partial charge in [-0.3, -0.25) is 9.59 Å². The standard InChI is InChI=1S/C18H20N2O4S/c1-4-13(21)20-17-14(18(23)24-5-2)11(3)15(25-17)16(22)19-12-9-7-6-8-10-12/h6-10H,4-5H2,1-3H3,(H,19,22)(H,20,21). The summed E-state index contributed by atoms with van der Waals surface area (Å²) in [6.07, 6.45) is 0.269. The highest BCUT2D eigenvalue weighted by atomic mass is 32.1. The molecule has 0 spiro atoms. The number of rotatable bonds is 6. The van der Waals surface area contributed by atoms with Crippen molar-refractivity contribution in [1.29, 1.82) is 0 Å². The Morgan fingerprint density at radius 2 is 1.76 bits per heavy atom. The molecular formula is C18H20N2O4S. The quantitative estimate of drug-likeness (QED) is 0.767. The number of esters is 1. The van der Waals surface area contributed by atoms with Gasteiger partial charge in [0, 0.05) is 12.1 Å². The number of benzene rings is 1. The normalized spacial score (nSPS) is 10.2. The van der Waals surface area contributed by atoms with Crippen molar-refractivity contribution in [3.8, 4) is 0 Å². The van der Waals surface area contributed by atoms with Crippen LogP contribution in [0, 0.1) is 6.92 Å². The summed E-state index contributed by atoms with van der Waals surface area (Å²) >= 11 is 1.07. The second-order valence-electron chi connectivity index (χ2n) is 5.20. The number of thiophene rings is 1. The van der Waals surface area contributed by atoms with Crippen molar-refractivity contribution in [3.05, 3.63) is 46.3 Å². The summed E-state index contributed by atoms with van der Waals surface area (Å²) in [5.41, 5.74) is 1.37. The van der Waals surface area contributed by atoms with Gasteiger partial charge in [0.2, 0.25) is 5.91 Å². The smallest absolute Gasteiger partial charge is 0.341 e. The fourth-order valence-electron chi connectivity index (χ4n) is 2.19. The van der Waals surface area contributed by atoms with Crippen LogP contribution in [-0.4, -0.2) is 24.4 Å². The van der Waals surface area contributed by atoms with Crippen LogP contribution in [0.15, 0.2) is 30.3 Å². The molecule has 1 aromatic heterocycles. The lowest BCUT2D eigenvalue weighted by molar-refractivity contribution is -0.115. The van der Waals surface area contributed by atoms with E-state index in [4.69, 9.17) is 4.74 Å². The molecule has 0 saturated carbocycles. The second kappa shape index (κ2) is 8.43. The van der Waals surface area contributed by atoms with Gasteiger partial charge in [-0.2, -0.15) is 0 Å². The van der Waals surface area contributed by atoms with Crippen molar-refractivity contribution in [2.24, 2.45) is 0 Å². The Balaban J connectivity index is 2.37. The molecule has 2 amide bonds. The number of hydrogen-bond acceptors (Lipinski definition) is 5. The van der Waals surface area contributed by atoms with Gasteiger partial charge in [-0.15, -0.1) is 11.3 Å². The van der Waals surface area contributed by atoms with Gasteiger partial charge in [0.1, 0.15) is 5.00 Å². The zero-order chi connectivity index (χ0) is 18.4. The van der Waals surface area contributed by atoms with Crippen LogP contribution < -0.4 is 10.6 Å². The largest absolute Gasteiger partial charge is 0.462 e. The lowest BCUT2D eigenvalue weighted by Gasteiger charge is -2.06. The van der Waals surface area contributed by atoms with E-state index >= 15 is 0 Å². The van der Waals surface area contributed by atoms with E-state index in [9.17, 15) is 14.4 Å². The first-order valence-electron chi connectivity index (χ1n) is 7.94. The van der Waals surface area contributed by atoms with Crippen LogP contribution in [0.4, 0.5) is 10.7 Å². The molecule has 2 N–H and O–H groups in total. The van der Waals surface area contributed by atoms with Crippen LogP contribution in [0.2, 0.25) is 0 Å². The summed E-state index contributed by atoms with van der Waals surface area (Å²) in [6.45, 7) is 5.29. The third kappa shape index (κ3) is 4.45. The first kappa shape index (κ1) is 18.7. The van der Waals surface area contributed by atoms with Crippen molar-refractivity contribution in [3.63, 3.8) is 0 Å². The van der Waals surface area contributed by atoms with E-state index in [2.05, 4.69) is 10.6 Å². The lowest BCUT2D eigenvalue weighted by Crippen LogP contribution is -2.14. The molecule has 0 aliphatic heterocycles. The maximum absolute atomic E-state index is 12.6. The Morgan fingerprint density at radius 1 is 1.08 bits per heavy atom. The maximum Gasteiger partial charge on any atom is 0.341 e. The van der Waals surface area contributed by atoms with Crippen LogP contribution in [0.25, 0.3) is 0 Å². The minimum Gasteiger partial charge on any atom is -0.462 e. The van der Waals surface area contributed by atoms with E-state index in [1.165, 1.54) is 0 Å². The summed E-state index contributed by atoms with van der Waals surface area (Å²) < 4.78 is 5.06. The maximum atomic E-state index is 12.6. The van der Waals surface area contributed by atoms with Gasteiger partial charge in [0.25, 0.3) is 5.91 Å². The van der Waals surface area contributed by atoms with Crippen molar-refractivity contribution in [2.75, 3.05) is 17.2 Å². The first-order chi connectivity index (χ1) is 12.0. The van der Waals surface area contributed by atoms with Gasteiger partial charge in [-0.1, -0.05) is 25.1 Å². The Bertz CT molecular complexity index is 784. The molecule has 2 aromatic rings. The van der Waals surface area contributed by atoms with Crippen LogP contribution in [0.1, 0.15) is 45.9 Å². The van der Waals surface area contributed by atoms with Crippen LogP contribution in [0.3, 0.4) is 0 Å². The van der Waals surface area contributed by atoms with Crippen LogP contribution in [-0.2, 0) is 9.53 Å². The molecule has 7 heteroatoms. The number of anilines is 2. The van der Waals surface area contributed by atoms with Crippen molar-refractivity contribution < 1.29 is 19.1 Å². The van der Waals surface area contributed by atoms with E-state index < -0.39 is 5.97 Å². The molecule has 132 valence electrons.